The third kappa shape index (κ3) is 8.98. The molecular formula is C32H53NO24. The van der Waals surface area contributed by atoms with E-state index in [1.807, 2.05) is 0 Å². The minimum Gasteiger partial charge on any atom is -0.394 e. The van der Waals surface area contributed by atoms with E-state index in [9.17, 15) is 71.2 Å². The Hall–Kier alpha value is -1.45. The monoisotopic (exact) mass is 835 g/mol. The van der Waals surface area contributed by atoms with Gasteiger partial charge in [-0.05, 0) is 6.92 Å². The molecule has 7 heterocycles. The average molecular weight is 836 g/mol. The number of fused-ring (bicyclic) bond motifs is 3. The van der Waals surface area contributed by atoms with E-state index >= 15 is 0 Å². The van der Waals surface area contributed by atoms with Crippen LogP contribution in [0.1, 0.15) is 13.8 Å². The van der Waals surface area contributed by atoms with Gasteiger partial charge in [-0.1, -0.05) is 0 Å². The molecule has 7 fully saturated rings. The van der Waals surface area contributed by atoms with Crippen LogP contribution >= 0.6 is 0 Å². The number of aliphatic hydroxyl groups excluding tert-OH is 13. The molecular weight excluding hydrogens is 782 g/mol. The highest BCUT2D eigenvalue weighted by atomic mass is 16.8. The molecule has 0 aliphatic carbocycles. The highest BCUT2D eigenvalue weighted by molar-refractivity contribution is 5.73. The van der Waals surface area contributed by atoms with Crippen LogP contribution < -0.4 is 5.32 Å². The maximum absolute atomic E-state index is 12.6. The SMILES string of the molecule is CC(=O)N[C@H]1[C@H]2O[C@@H]3[C@@H](O)[C@H](C)O[C@@H](OC[C@H]4O[C@H](O[C@@H]5[C@H](O[C@@H]6O[C@H](CO)[C@@H](O)[C@H](O)[C@H]6O)[C@@H](O)[C@@H](O[C@H]1[C@H](O)[C@@H](CO)O2)O[C@@H]5CO)[C@H](O)[C@@H](O)[C@@H]4O)[C@@H]3O. The summed E-state index contributed by atoms with van der Waals surface area (Å²) in [6, 6.07) is -1.59. The van der Waals surface area contributed by atoms with Crippen molar-refractivity contribution >= 4 is 5.91 Å². The number of amides is 1. The highest BCUT2D eigenvalue weighted by Gasteiger charge is 2.58. The molecule has 7 aliphatic heterocycles. The van der Waals surface area contributed by atoms with Gasteiger partial charge in [0.05, 0.1) is 32.5 Å². The van der Waals surface area contributed by atoms with E-state index in [1.54, 1.807) is 0 Å². The minimum atomic E-state index is -2.15. The van der Waals surface area contributed by atoms with Crippen molar-refractivity contribution in [3.05, 3.63) is 0 Å². The van der Waals surface area contributed by atoms with Gasteiger partial charge in [0.2, 0.25) is 5.91 Å². The first-order valence-corrected chi connectivity index (χ1v) is 18.4. The van der Waals surface area contributed by atoms with Crippen molar-refractivity contribution in [3.8, 4) is 0 Å². The molecule has 0 aromatic carbocycles. The van der Waals surface area contributed by atoms with E-state index in [1.165, 1.54) is 6.92 Å². The Morgan fingerprint density at radius 2 is 1.12 bits per heavy atom. The van der Waals surface area contributed by atoms with Gasteiger partial charge in [-0.15, -0.1) is 0 Å². The Morgan fingerprint density at radius 1 is 0.544 bits per heavy atom. The molecule has 0 radical (unpaired) electrons. The maximum Gasteiger partial charge on any atom is 0.217 e. The first-order valence-electron chi connectivity index (χ1n) is 18.4. The number of aliphatic hydroxyl groups is 13. The smallest absolute Gasteiger partial charge is 0.217 e. The summed E-state index contributed by atoms with van der Waals surface area (Å²) < 4.78 is 58.3. The quantitative estimate of drug-likeness (QED) is 0.118. The fraction of sp³-hybridized carbons (Fsp3) is 0.969. The highest BCUT2D eigenvalue weighted by Crippen LogP contribution is 2.37. The summed E-state index contributed by atoms with van der Waals surface area (Å²) in [7, 11) is 0. The topological polar surface area (TPSA) is 384 Å². The van der Waals surface area contributed by atoms with Gasteiger partial charge in [0, 0.05) is 6.92 Å². The second kappa shape index (κ2) is 18.7. The third-order valence-electron chi connectivity index (χ3n) is 10.9. The molecule has 7 aliphatic rings. The van der Waals surface area contributed by atoms with Crippen molar-refractivity contribution in [2.45, 2.75) is 167 Å². The van der Waals surface area contributed by atoms with Crippen molar-refractivity contribution in [2.24, 2.45) is 0 Å². The number of nitrogens with one attached hydrogen (secondary N) is 1. The summed E-state index contributed by atoms with van der Waals surface area (Å²) in [6.07, 6.45) is -43.1. The molecule has 7 rings (SSSR count). The zero-order valence-corrected chi connectivity index (χ0v) is 30.6. The lowest BCUT2D eigenvalue weighted by atomic mass is 9.94. The molecule has 25 heteroatoms. The molecule has 0 unspecified atom stereocenters. The largest absolute Gasteiger partial charge is 0.394 e. The van der Waals surface area contributed by atoms with E-state index < -0.39 is 186 Å². The fourth-order valence-electron chi connectivity index (χ4n) is 7.66. The lowest BCUT2D eigenvalue weighted by molar-refractivity contribution is -0.402. The van der Waals surface area contributed by atoms with E-state index in [0.29, 0.717) is 0 Å². The Bertz CT molecular complexity index is 1320. The average Bonchev–Trinajstić information content (AvgIpc) is 3.18. The van der Waals surface area contributed by atoms with Gasteiger partial charge < -0.3 is 119 Å². The number of rotatable bonds is 6. The van der Waals surface area contributed by atoms with Crippen LogP contribution in [0.3, 0.4) is 0 Å². The van der Waals surface area contributed by atoms with Gasteiger partial charge in [0.1, 0.15) is 116 Å². The predicted octanol–water partition coefficient (Wildman–Crippen LogP) is -9.71. The van der Waals surface area contributed by atoms with Gasteiger partial charge in [0.25, 0.3) is 0 Å². The molecule has 1 amide bonds. The van der Waals surface area contributed by atoms with Gasteiger partial charge in [-0.3, -0.25) is 4.79 Å². The normalized spacial score (nSPS) is 53.7. The predicted molar refractivity (Wildman–Crippen MR) is 173 cm³/mol. The van der Waals surface area contributed by atoms with Crippen molar-refractivity contribution in [1.82, 2.24) is 5.32 Å². The van der Waals surface area contributed by atoms with E-state index in [-0.39, 0.29) is 0 Å². The summed E-state index contributed by atoms with van der Waals surface area (Å²) >= 11 is 0. The van der Waals surface area contributed by atoms with Gasteiger partial charge >= 0.3 is 0 Å². The Labute approximate surface area is 323 Å². The zero-order valence-electron chi connectivity index (χ0n) is 30.6. The molecule has 25 atom stereocenters. The van der Waals surface area contributed by atoms with E-state index in [0.717, 1.165) is 6.92 Å². The number of hydrogen-bond donors (Lipinski definition) is 14. The van der Waals surface area contributed by atoms with Crippen LogP contribution in [0.5, 0.6) is 0 Å². The number of carbonyl (C=O) groups excluding carboxylic acids is 1. The van der Waals surface area contributed by atoms with Gasteiger partial charge in [-0.2, -0.15) is 0 Å². The molecule has 0 saturated carbocycles. The lowest BCUT2D eigenvalue weighted by Gasteiger charge is -2.51. The lowest BCUT2D eigenvalue weighted by Crippen LogP contribution is -2.71. The van der Waals surface area contributed by atoms with Crippen LogP contribution in [-0.4, -0.2) is 252 Å². The van der Waals surface area contributed by atoms with Crippen molar-refractivity contribution in [1.29, 1.82) is 0 Å². The van der Waals surface area contributed by atoms with E-state index in [2.05, 4.69) is 5.32 Å². The summed E-state index contributed by atoms with van der Waals surface area (Å²) in [5.41, 5.74) is 0. The summed E-state index contributed by atoms with van der Waals surface area (Å²) in [5.74, 6) is -0.744. The van der Waals surface area contributed by atoms with Crippen LogP contribution in [0.4, 0.5) is 0 Å². The fourth-order valence-corrected chi connectivity index (χ4v) is 7.66. The minimum absolute atomic E-state index is 0.689. The Morgan fingerprint density at radius 3 is 1.77 bits per heavy atom. The standard InChI is InChI=1S/C32H53NO24/c1-7-14(38)26-22(46)29(49-7)48-6-12-16(40)19(43)21(45)31(53-12)54-24-11(5-36)52-32(23(47)27(24)57-30-20(44)18(42)15(39)9(3-34)51-30)55-25-13(33-8(2)37)28(56-26)50-10(4-35)17(25)41/h7,9-32,34-36,38-47H,3-6H2,1-2H3,(H,33,37)/t7-,9+,10+,11+,12+,13+,14-,15+,16+,17+,18-,19-,20+,21+,22+,23+,24-,25+,26+,27+,28+,29+,30-,31+,32+/m0/s1. The second-order valence-electron chi connectivity index (χ2n) is 14.8. The number of carbonyl (C=O) groups is 1. The molecule has 0 spiro atoms. The van der Waals surface area contributed by atoms with Crippen LogP contribution in [-0.2, 0) is 52.2 Å². The van der Waals surface area contributed by atoms with Crippen LogP contribution in [0.15, 0.2) is 0 Å². The Kier molecular flexibility index (Phi) is 14.8. The zero-order chi connectivity index (χ0) is 41.6. The molecule has 25 nitrogen and oxygen atoms in total. The first kappa shape index (κ1) is 45.1. The summed E-state index contributed by atoms with van der Waals surface area (Å²) in [5, 5.41) is 143. The van der Waals surface area contributed by atoms with Crippen molar-refractivity contribution < 1.29 is 119 Å². The van der Waals surface area contributed by atoms with Crippen LogP contribution in [0, 0.1) is 0 Å². The second-order valence-corrected chi connectivity index (χ2v) is 14.8. The third-order valence-corrected chi connectivity index (χ3v) is 10.9. The van der Waals surface area contributed by atoms with E-state index in [4.69, 9.17) is 47.4 Å². The summed E-state index contributed by atoms with van der Waals surface area (Å²) in [4.78, 5) is 12.6. The maximum atomic E-state index is 12.6. The van der Waals surface area contributed by atoms with Crippen molar-refractivity contribution in [2.75, 3.05) is 26.4 Å². The number of hydrogen-bond acceptors (Lipinski definition) is 24. The van der Waals surface area contributed by atoms with Gasteiger partial charge in [0.15, 0.2) is 31.5 Å². The molecule has 0 aromatic heterocycles. The molecule has 0 aromatic rings. The first-order chi connectivity index (χ1) is 27.0. The van der Waals surface area contributed by atoms with Gasteiger partial charge in [-0.25, -0.2) is 0 Å². The van der Waals surface area contributed by atoms with Crippen LogP contribution in [0.25, 0.3) is 0 Å². The molecule has 7 saturated heterocycles. The molecule has 57 heavy (non-hydrogen) atoms. The molecule has 14 N–H and O–H groups in total. The van der Waals surface area contributed by atoms with Crippen LogP contribution in [0.2, 0.25) is 0 Å². The Balaban J connectivity index is 1.43. The summed E-state index contributed by atoms with van der Waals surface area (Å²) in [6.45, 7) is -0.956. The molecule has 330 valence electrons. The molecule has 8 bridgehead atoms. The number of ether oxygens (including phenoxy) is 10. The van der Waals surface area contributed by atoms with Crippen molar-refractivity contribution in [3.63, 3.8) is 0 Å².